The first-order valence-electron chi connectivity index (χ1n) is 8.26. The number of piperidine rings is 1. The molecule has 0 spiro atoms. The van der Waals surface area contributed by atoms with E-state index >= 15 is 0 Å². The summed E-state index contributed by atoms with van der Waals surface area (Å²) < 4.78 is 26.6. The van der Waals surface area contributed by atoms with Crippen LogP contribution in [-0.2, 0) is 14.8 Å². The molecule has 1 aliphatic heterocycles. The van der Waals surface area contributed by atoms with Gasteiger partial charge in [-0.05, 0) is 51.0 Å². The van der Waals surface area contributed by atoms with E-state index in [1.54, 1.807) is 0 Å². The van der Waals surface area contributed by atoms with E-state index in [2.05, 4.69) is 5.32 Å². The second-order valence-corrected chi connectivity index (χ2v) is 8.80. The van der Waals surface area contributed by atoms with Gasteiger partial charge in [0.25, 0.3) is 5.91 Å². The Kier molecular flexibility index (Phi) is 5.84. The van der Waals surface area contributed by atoms with Crippen LogP contribution in [0.5, 0.6) is 0 Å². The minimum absolute atomic E-state index is 0.0189. The number of hydrogen-bond donors (Lipinski definition) is 2. The van der Waals surface area contributed by atoms with Crippen molar-refractivity contribution < 1.29 is 23.1 Å². The molecule has 1 aliphatic rings. The Balaban J connectivity index is 2.06. The predicted octanol–water partition coefficient (Wildman–Crippen LogP) is 1.70. The van der Waals surface area contributed by atoms with E-state index in [1.165, 1.54) is 42.4 Å². The number of hydrogen-bond acceptors (Lipinski definition) is 4. The first-order valence-corrected chi connectivity index (χ1v) is 9.70. The number of aliphatic carboxylic acids is 1. The molecule has 1 fully saturated rings. The number of carboxylic acids is 1. The first kappa shape index (κ1) is 19.4. The summed E-state index contributed by atoms with van der Waals surface area (Å²) in [5, 5.41) is 11.6. The van der Waals surface area contributed by atoms with Crippen molar-refractivity contribution in [1.29, 1.82) is 0 Å². The van der Waals surface area contributed by atoms with Crippen LogP contribution in [0.4, 0.5) is 0 Å². The molecule has 0 aliphatic carbocycles. The number of benzene rings is 1. The topological polar surface area (TPSA) is 104 Å². The Morgan fingerprint density at radius 2 is 1.68 bits per heavy atom. The quantitative estimate of drug-likeness (QED) is 0.795. The molecule has 1 amide bonds. The molecule has 0 aromatic heterocycles. The van der Waals surface area contributed by atoms with Crippen LogP contribution < -0.4 is 5.32 Å². The van der Waals surface area contributed by atoms with Crippen molar-refractivity contribution in [2.24, 2.45) is 5.41 Å². The minimum Gasteiger partial charge on any atom is -0.481 e. The summed E-state index contributed by atoms with van der Waals surface area (Å²) in [6, 6.07) is 5.72. The van der Waals surface area contributed by atoms with Crippen molar-refractivity contribution in [3.05, 3.63) is 29.8 Å². The maximum Gasteiger partial charge on any atom is 0.310 e. The molecule has 0 bridgehead atoms. The third-order valence-corrected chi connectivity index (χ3v) is 6.25. The van der Waals surface area contributed by atoms with Crippen LogP contribution in [0.2, 0.25) is 0 Å². The van der Waals surface area contributed by atoms with Gasteiger partial charge in [0, 0.05) is 25.2 Å². The van der Waals surface area contributed by atoms with Gasteiger partial charge in [-0.15, -0.1) is 0 Å². The summed E-state index contributed by atoms with van der Waals surface area (Å²) in [6.45, 7) is 4.06. The number of nitrogens with zero attached hydrogens (tertiary/aromatic N) is 1. The molecule has 0 atom stereocenters. The van der Waals surface area contributed by atoms with Crippen LogP contribution in [0.1, 0.15) is 43.5 Å². The molecular formula is C17H24N2O5S. The van der Waals surface area contributed by atoms with E-state index < -0.39 is 27.3 Å². The molecule has 1 saturated heterocycles. The Morgan fingerprint density at radius 3 is 2.20 bits per heavy atom. The number of carboxylic acid groups (broad SMARTS) is 1. The first-order chi connectivity index (χ1) is 11.6. The lowest BCUT2D eigenvalue weighted by atomic mass is 9.94. The smallest absolute Gasteiger partial charge is 0.310 e. The highest BCUT2D eigenvalue weighted by molar-refractivity contribution is 7.89. The minimum atomic E-state index is -3.53. The van der Waals surface area contributed by atoms with Crippen LogP contribution in [0.15, 0.2) is 29.2 Å². The van der Waals surface area contributed by atoms with Crippen LogP contribution >= 0.6 is 0 Å². The number of nitrogens with one attached hydrogen (secondary N) is 1. The predicted molar refractivity (Wildman–Crippen MR) is 92.8 cm³/mol. The molecule has 2 N–H and O–H groups in total. The van der Waals surface area contributed by atoms with Gasteiger partial charge in [-0.25, -0.2) is 8.42 Å². The second kappa shape index (κ2) is 7.53. The fraction of sp³-hybridized carbons (Fsp3) is 0.529. The number of amides is 1. The molecule has 138 valence electrons. The number of rotatable bonds is 6. The summed E-state index contributed by atoms with van der Waals surface area (Å²) in [4.78, 5) is 23.3. The van der Waals surface area contributed by atoms with E-state index in [0.29, 0.717) is 18.7 Å². The van der Waals surface area contributed by atoms with E-state index in [0.717, 1.165) is 19.3 Å². The summed E-state index contributed by atoms with van der Waals surface area (Å²) in [6.07, 6.45) is 2.76. The van der Waals surface area contributed by atoms with Crippen LogP contribution in [0.3, 0.4) is 0 Å². The normalized spacial score (nSPS) is 16.4. The maximum atomic E-state index is 12.6. The summed E-state index contributed by atoms with van der Waals surface area (Å²) in [5.41, 5.74) is -0.786. The summed E-state index contributed by atoms with van der Waals surface area (Å²) >= 11 is 0. The van der Waals surface area contributed by atoms with E-state index in [-0.39, 0.29) is 11.4 Å². The molecular weight excluding hydrogens is 344 g/mol. The maximum absolute atomic E-state index is 12.6. The third-order valence-electron chi connectivity index (χ3n) is 4.34. The molecule has 8 heteroatoms. The molecule has 1 aromatic carbocycles. The van der Waals surface area contributed by atoms with Gasteiger partial charge in [0.15, 0.2) is 0 Å². The van der Waals surface area contributed by atoms with Gasteiger partial charge >= 0.3 is 5.97 Å². The molecule has 7 nitrogen and oxygen atoms in total. The highest BCUT2D eigenvalue weighted by atomic mass is 32.2. The molecule has 1 aromatic rings. The standard InChI is InChI=1S/C17H24N2O5S/c1-17(2,16(21)22)12-18-15(20)13-6-8-14(9-7-13)25(23,24)19-10-4-3-5-11-19/h6-9H,3-5,10-12H2,1-2H3,(H,18,20)(H,21,22). The fourth-order valence-electron chi connectivity index (χ4n) is 2.51. The van der Waals surface area contributed by atoms with Crippen molar-refractivity contribution in [1.82, 2.24) is 9.62 Å². The lowest BCUT2D eigenvalue weighted by molar-refractivity contribution is -0.146. The fourth-order valence-corrected chi connectivity index (χ4v) is 4.03. The van der Waals surface area contributed by atoms with E-state index in [4.69, 9.17) is 5.11 Å². The van der Waals surface area contributed by atoms with Gasteiger partial charge in [-0.2, -0.15) is 4.31 Å². The molecule has 0 radical (unpaired) electrons. The van der Waals surface area contributed by atoms with Gasteiger partial charge < -0.3 is 10.4 Å². The molecule has 1 heterocycles. The highest BCUT2D eigenvalue weighted by Gasteiger charge is 2.28. The third kappa shape index (κ3) is 4.58. The Hall–Kier alpha value is -1.93. The number of sulfonamides is 1. The average Bonchev–Trinajstić information content (AvgIpc) is 2.60. The molecule has 25 heavy (non-hydrogen) atoms. The SMILES string of the molecule is CC(C)(CNC(=O)c1ccc(S(=O)(=O)N2CCCCC2)cc1)C(=O)O. The van der Waals surface area contributed by atoms with E-state index in [1.807, 2.05) is 0 Å². The van der Waals surface area contributed by atoms with Crippen LogP contribution in [-0.4, -0.2) is 49.3 Å². The van der Waals surface area contributed by atoms with Gasteiger partial charge in [0.2, 0.25) is 10.0 Å². The lowest BCUT2D eigenvalue weighted by Crippen LogP contribution is -2.39. The zero-order valence-corrected chi connectivity index (χ0v) is 15.3. The zero-order chi connectivity index (χ0) is 18.7. The van der Waals surface area contributed by atoms with Gasteiger partial charge in [0.1, 0.15) is 0 Å². The van der Waals surface area contributed by atoms with Crippen molar-refractivity contribution in [2.45, 2.75) is 38.0 Å². The average molecular weight is 368 g/mol. The lowest BCUT2D eigenvalue weighted by Gasteiger charge is -2.25. The Labute approximate surface area is 148 Å². The highest BCUT2D eigenvalue weighted by Crippen LogP contribution is 2.21. The van der Waals surface area contributed by atoms with Crippen molar-refractivity contribution in [2.75, 3.05) is 19.6 Å². The molecule has 2 rings (SSSR count). The van der Waals surface area contributed by atoms with Crippen molar-refractivity contribution in [3.63, 3.8) is 0 Å². The largest absolute Gasteiger partial charge is 0.481 e. The molecule has 0 saturated carbocycles. The monoisotopic (exact) mass is 368 g/mol. The summed E-state index contributed by atoms with van der Waals surface area (Å²) in [5.74, 6) is -1.44. The summed E-state index contributed by atoms with van der Waals surface area (Å²) in [7, 11) is -3.53. The number of carbonyl (C=O) groups excluding carboxylic acids is 1. The van der Waals surface area contributed by atoms with Crippen molar-refractivity contribution in [3.8, 4) is 0 Å². The van der Waals surface area contributed by atoms with Gasteiger partial charge in [-0.1, -0.05) is 6.42 Å². The Bertz CT molecular complexity index is 735. The van der Waals surface area contributed by atoms with Crippen LogP contribution in [0.25, 0.3) is 0 Å². The Morgan fingerprint density at radius 1 is 1.12 bits per heavy atom. The molecule has 0 unspecified atom stereocenters. The van der Waals surface area contributed by atoms with Gasteiger partial charge in [-0.3, -0.25) is 9.59 Å². The zero-order valence-electron chi connectivity index (χ0n) is 14.5. The van der Waals surface area contributed by atoms with E-state index in [9.17, 15) is 18.0 Å². The number of carbonyl (C=O) groups is 2. The van der Waals surface area contributed by atoms with Crippen molar-refractivity contribution >= 4 is 21.9 Å². The van der Waals surface area contributed by atoms with Crippen LogP contribution in [0, 0.1) is 5.41 Å². The van der Waals surface area contributed by atoms with Gasteiger partial charge in [0.05, 0.1) is 10.3 Å². The second-order valence-electron chi connectivity index (χ2n) is 6.86.